The molecular weight excluding hydrogens is 238 g/mol. The van der Waals surface area contributed by atoms with E-state index in [1.807, 2.05) is 4.90 Å². The highest BCUT2D eigenvalue weighted by molar-refractivity contribution is 6.31. The minimum atomic E-state index is -0.999. The van der Waals surface area contributed by atoms with Crippen LogP contribution in [0.3, 0.4) is 0 Å². The molecule has 0 spiro atoms. The van der Waals surface area contributed by atoms with E-state index in [0.29, 0.717) is 23.8 Å². The average Bonchev–Trinajstić information content (AvgIpc) is 2.28. The Balaban J connectivity index is 3.20. The summed E-state index contributed by atoms with van der Waals surface area (Å²) in [7, 11) is 0. The van der Waals surface area contributed by atoms with Crippen LogP contribution in [0.15, 0.2) is 43.5 Å². The van der Waals surface area contributed by atoms with Crippen molar-refractivity contribution in [2.75, 3.05) is 18.0 Å². The van der Waals surface area contributed by atoms with E-state index in [-0.39, 0.29) is 5.56 Å². The molecule has 0 unspecified atom stereocenters. The number of hydrogen-bond acceptors (Lipinski definition) is 2. The van der Waals surface area contributed by atoms with Crippen LogP contribution in [0.4, 0.5) is 5.69 Å². The van der Waals surface area contributed by atoms with Gasteiger partial charge in [-0.15, -0.1) is 13.2 Å². The van der Waals surface area contributed by atoms with Gasteiger partial charge in [0.25, 0.3) is 0 Å². The zero-order chi connectivity index (χ0) is 12.8. The molecule has 0 bridgehead atoms. The van der Waals surface area contributed by atoms with Gasteiger partial charge in [0.05, 0.1) is 11.3 Å². The largest absolute Gasteiger partial charge is 0.478 e. The molecule has 0 fully saturated rings. The van der Waals surface area contributed by atoms with E-state index in [0.717, 1.165) is 0 Å². The topological polar surface area (TPSA) is 40.5 Å². The van der Waals surface area contributed by atoms with E-state index in [9.17, 15) is 4.79 Å². The van der Waals surface area contributed by atoms with E-state index >= 15 is 0 Å². The molecule has 17 heavy (non-hydrogen) atoms. The monoisotopic (exact) mass is 251 g/mol. The number of halogens is 1. The Kier molecular flexibility index (Phi) is 4.79. The van der Waals surface area contributed by atoms with Crippen molar-refractivity contribution in [2.45, 2.75) is 0 Å². The molecule has 0 aliphatic heterocycles. The lowest BCUT2D eigenvalue weighted by Gasteiger charge is -2.23. The van der Waals surface area contributed by atoms with Crippen molar-refractivity contribution in [2.24, 2.45) is 0 Å². The molecule has 0 radical (unpaired) electrons. The molecule has 0 saturated heterocycles. The van der Waals surface area contributed by atoms with Gasteiger partial charge in [-0.05, 0) is 18.2 Å². The van der Waals surface area contributed by atoms with Crippen LogP contribution < -0.4 is 4.90 Å². The molecule has 0 atom stereocenters. The van der Waals surface area contributed by atoms with Crippen LogP contribution in [0.2, 0.25) is 5.02 Å². The van der Waals surface area contributed by atoms with Gasteiger partial charge in [0.2, 0.25) is 0 Å². The molecule has 3 nitrogen and oxygen atoms in total. The van der Waals surface area contributed by atoms with Crippen LogP contribution >= 0.6 is 11.6 Å². The van der Waals surface area contributed by atoms with E-state index in [4.69, 9.17) is 16.7 Å². The van der Waals surface area contributed by atoms with Crippen molar-refractivity contribution in [1.29, 1.82) is 0 Å². The summed E-state index contributed by atoms with van der Waals surface area (Å²) in [6.07, 6.45) is 3.42. The highest BCUT2D eigenvalue weighted by Gasteiger charge is 2.14. The van der Waals surface area contributed by atoms with Gasteiger partial charge in [-0.25, -0.2) is 4.79 Å². The minimum absolute atomic E-state index is 0.182. The molecule has 1 aromatic rings. The Labute approximate surface area is 106 Å². The van der Waals surface area contributed by atoms with Gasteiger partial charge in [0.15, 0.2) is 0 Å². The fraction of sp³-hybridized carbons (Fsp3) is 0.154. The Morgan fingerprint density at radius 1 is 1.35 bits per heavy atom. The maximum atomic E-state index is 11.1. The molecule has 1 rings (SSSR count). The second kappa shape index (κ2) is 6.11. The number of aromatic carboxylic acids is 1. The summed E-state index contributed by atoms with van der Waals surface area (Å²) in [4.78, 5) is 13.0. The lowest BCUT2D eigenvalue weighted by atomic mass is 10.1. The normalized spacial score (nSPS) is 9.71. The van der Waals surface area contributed by atoms with Crippen LogP contribution in [-0.2, 0) is 0 Å². The number of rotatable bonds is 6. The molecule has 0 aliphatic rings. The predicted octanol–water partition coefficient (Wildman–Crippen LogP) is 3.22. The highest BCUT2D eigenvalue weighted by Crippen LogP contribution is 2.24. The number of anilines is 1. The fourth-order valence-corrected chi connectivity index (χ4v) is 1.71. The number of hydrogen-bond donors (Lipinski definition) is 1. The minimum Gasteiger partial charge on any atom is -0.478 e. The zero-order valence-electron chi connectivity index (χ0n) is 9.40. The van der Waals surface area contributed by atoms with Gasteiger partial charge in [-0.1, -0.05) is 23.8 Å². The van der Waals surface area contributed by atoms with Gasteiger partial charge >= 0.3 is 5.97 Å². The molecule has 0 saturated carbocycles. The zero-order valence-corrected chi connectivity index (χ0v) is 10.2. The Bertz CT molecular complexity index is 433. The van der Waals surface area contributed by atoms with Crippen molar-refractivity contribution in [3.05, 3.63) is 54.1 Å². The highest BCUT2D eigenvalue weighted by atomic mass is 35.5. The van der Waals surface area contributed by atoms with Gasteiger partial charge in [0, 0.05) is 18.1 Å². The third-order valence-electron chi connectivity index (χ3n) is 2.23. The molecule has 0 amide bonds. The number of carboxylic acid groups (broad SMARTS) is 1. The second-order valence-corrected chi connectivity index (χ2v) is 3.89. The van der Waals surface area contributed by atoms with Crippen LogP contribution in [0, 0.1) is 0 Å². The molecule has 90 valence electrons. The average molecular weight is 252 g/mol. The van der Waals surface area contributed by atoms with Crippen molar-refractivity contribution >= 4 is 23.3 Å². The van der Waals surface area contributed by atoms with Gasteiger partial charge < -0.3 is 10.0 Å². The SMILES string of the molecule is C=CCN(CC=C)c1ccc(Cl)cc1C(=O)O. The molecule has 0 aliphatic carbocycles. The van der Waals surface area contributed by atoms with Crippen molar-refractivity contribution in [1.82, 2.24) is 0 Å². The van der Waals surface area contributed by atoms with Crippen LogP contribution in [-0.4, -0.2) is 24.2 Å². The first-order valence-corrected chi connectivity index (χ1v) is 5.47. The lowest BCUT2D eigenvalue weighted by molar-refractivity contribution is 0.0697. The Morgan fingerprint density at radius 2 is 1.94 bits per heavy atom. The second-order valence-electron chi connectivity index (χ2n) is 3.45. The first-order chi connectivity index (χ1) is 8.10. The van der Waals surface area contributed by atoms with E-state index in [1.165, 1.54) is 6.07 Å². The van der Waals surface area contributed by atoms with Crippen molar-refractivity contribution in [3.8, 4) is 0 Å². The summed E-state index contributed by atoms with van der Waals surface area (Å²) in [6.45, 7) is 8.40. The molecule has 1 N–H and O–H groups in total. The first-order valence-electron chi connectivity index (χ1n) is 5.09. The summed E-state index contributed by atoms with van der Waals surface area (Å²) in [5, 5.41) is 9.54. The van der Waals surface area contributed by atoms with E-state index in [2.05, 4.69) is 13.2 Å². The third kappa shape index (κ3) is 3.36. The van der Waals surface area contributed by atoms with Gasteiger partial charge in [-0.2, -0.15) is 0 Å². The third-order valence-corrected chi connectivity index (χ3v) is 2.46. The number of carbonyl (C=O) groups is 1. The van der Waals surface area contributed by atoms with Crippen molar-refractivity contribution in [3.63, 3.8) is 0 Å². The Hall–Kier alpha value is -1.74. The molecule has 4 heteroatoms. The summed E-state index contributed by atoms with van der Waals surface area (Å²) in [5.74, 6) is -0.999. The Morgan fingerprint density at radius 3 is 2.41 bits per heavy atom. The summed E-state index contributed by atoms with van der Waals surface area (Å²) < 4.78 is 0. The lowest BCUT2D eigenvalue weighted by Crippen LogP contribution is -2.25. The summed E-state index contributed by atoms with van der Waals surface area (Å²) in [6, 6.07) is 4.81. The van der Waals surface area contributed by atoms with Crippen molar-refractivity contribution < 1.29 is 9.90 Å². The summed E-state index contributed by atoms with van der Waals surface area (Å²) >= 11 is 5.80. The quantitative estimate of drug-likeness (QED) is 0.790. The smallest absolute Gasteiger partial charge is 0.337 e. The fourth-order valence-electron chi connectivity index (χ4n) is 1.54. The number of benzene rings is 1. The summed E-state index contributed by atoms with van der Waals surface area (Å²) in [5.41, 5.74) is 0.794. The molecule has 0 aromatic heterocycles. The predicted molar refractivity (Wildman–Crippen MR) is 71.0 cm³/mol. The van der Waals surface area contributed by atoms with E-state index < -0.39 is 5.97 Å². The number of nitrogens with zero attached hydrogens (tertiary/aromatic N) is 1. The van der Waals surface area contributed by atoms with E-state index in [1.54, 1.807) is 24.3 Å². The van der Waals surface area contributed by atoms with Crippen LogP contribution in [0.25, 0.3) is 0 Å². The molecule has 1 aromatic carbocycles. The standard InChI is InChI=1S/C13H14ClNO2/c1-3-7-15(8-4-2)12-6-5-10(14)9-11(12)13(16)17/h3-6,9H,1-2,7-8H2,(H,16,17). The maximum Gasteiger partial charge on any atom is 0.337 e. The van der Waals surface area contributed by atoms with Gasteiger partial charge in [0.1, 0.15) is 0 Å². The molecular formula is C13H14ClNO2. The molecule has 0 heterocycles. The van der Waals surface area contributed by atoms with Crippen LogP contribution in [0.5, 0.6) is 0 Å². The first kappa shape index (κ1) is 13.3. The number of carboxylic acids is 1. The van der Waals surface area contributed by atoms with Crippen LogP contribution in [0.1, 0.15) is 10.4 Å². The van der Waals surface area contributed by atoms with Gasteiger partial charge in [-0.3, -0.25) is 0 Å². The maximum absolute atomic E-state index is 11.1.